The van der Waals surface area contributed by atoms with Crippen LogP contribution < -0.4 is 0 Å². The van der Waals surface area contributed by atoms with Gasteiger partial charge in [0.05, 0.1) is 0 Å². The van der Waals surface area contributed by atoms with Crippen molar-refractivity contribution in [1.82, 2.24) is 0 Å². The Kier molecular flexibility index (Phi) is 2.49. The van der Waals surface area contributed by atoms with Gasteiger partial charge in [-0.05, 0) is 42.4 Å². The van der Waals surface area contributed by atoms with Crippen molar-refractivity contribution in [2.24, 2.45) is 23.2 Å². The van der Waals surface area contributed by atoms with E-state index in [0.29, 0.717) is 5.41 Å². The summed E-state index contributed by atoms with van der Waals surface area (Å²) in [6.45, 7) is 9.68. The molecule has 0 N–H and O–H groups in total. The van der Waals surface area contributed by atoms with Gasteiger partial charge in [0.15, 0.2) is 0 Å². The molecule has 1 saturated carbocycles. The highest BCUT2D eigenvalue weighted by atomic mass is 14.4. The molecule has 0 nitrogen and oxygen atoms in total. The fourth-order valence-corrected chi connectivity index (χ4v) is 3.36. The topological polar surface area (TPSA) is 0 Å². The largest absolute Gasteiger partial charge is 0.0814 e. The molecule has 0 radical (unpaired) electrons. The molecule has 0 aromatic carbocycles. The quantitative estimate of drug-likeness (QED) is 0.499. The lowest BCUT2D eigenvalue weighted by Crippen LogP contribution is -2.32. The van der Waals surface area contributed by atoms with E-state index in [1.54, 1.807) is 5.57 Å². The monoisotopic (exact) mass is 192 g/mol. The van der Waals surface area contributed by atoms with E-state index in [9.17, 15) is 0 Å². The Morgan fingerprint density at radius 3 is 2.71 bits per heavy atom. The van der Waals surface area contributed by atoms with Crippen LogP contribution in [-0.4, -0.2) is 0 Å². The Balaban J connectivity index is 2.28. The summed E-state index contributed by atoms with van der Waals surface area (Å²) < 4.78 is 0. The van der Waals surface area contributed by atoms with Crippen molar-refractivity contribution in [3.63, 3.8) is 0 Å². The molecule has 2 aliphatic carbocycles. The van der Waals surface area contributed by atoms with Crippen molar-refractivity contribution in [1.29, 1.82) is 0 Å². The Hall–Kier alpha value is -0.260. The Labute approximate surface area is 88.8 Å². The molecule has 3 atom stereocenters. The highest BCUT2D eigenvalue weighted by Gasteiger charge is 2.37. The van der Waals surface area contributed by atoms with Crippen molar-refractivity contribution in [3.8, 4) is 0 Å². The number of allylic oxidation sites excluding steroid dienone is 2. The van der Waals surface area contributed by atoms with Crippen molar-refractivity contribution >= 4 is 0 Å². The van der Waals surface area contributed by atoms with Crippen LogP contribution in [0.3, 0.4) is 0 Å². The summed E-state index contributed by atoms with van der Waals surface area (Å²) in [6, 6.07) is 0. The molecule has 0 saturated heterocycles. The van der Waals surface area contributed by atoms with Crippen LogP contribution in [0.4, 0.5) is 0 Å². The van der Waals surface area contributed by atoms with Crippen LogP contribution in [0.25, 0.3) is 0 Å². The van der Waals surface area contributed by atoms with Crippen molar-refractivity contribution in [2.75, 3.05) is 0 Å². The molecule has 2 rings (SSSR count). The van der Waals surface area contributed by atoms with Gasteiger partial charge in [0, 0.05) is 0 Å². The molecular weight excluding hydrogens is 168 g/mol. The third kappa shape index (κ3) is 1.64. The summed E-state index contributed by atoms with van der Waals surface area (Å²) >= 11 is 0. The van der Waals surface area contributed by atoms with Gasteiger partial charge in [-0.15, -0.1) is 0 Å². The van der Waals surface area contributed by atoms with Crippen molar-refractivity contribution in [3.05, 3.63) is 11.6 Å². The van der Waals surface area contributed by atoms with Gasteiger partial charge in [0.25, 0.3) is 0 Å². The predicted octanol–water partition coefficient (Wildman–Crippen LogP) is 4.42. The average Bonchev–Trinajstić information content (AvgIpc) is 2.08. The Morgan fingerprint density at radius 2 is 2.00 bits per heavy atom. The Morgan fingerprint density at radius 1 is 1.29 bits per heavy atom. The molecule has 0 aromatic heterocycles. The van der Waals surface area contributed by atoms with Gasteiger partial charge in [-0.3, -0.25) is 0 Å². The van der Waals surface area contributed by atoms with E-state index in [1.807, 2.05) is 0 Å². The van der Waals surface area contributed by atoms with Crippen LogP contribution in [-0.2, 0) is 0 Å². The minimum atomic E-state index is 0.497. The molecule has 0 amide bonds. The van der Waals surface area contributed by atoms with E-state index in [2.05, 4.69) is 33.8 Å². The molecule has 0 aliphatic heterocycles. The molecular formula is C14H24. The molecule has 0 bridgehead atoms. The van der Waals surface area contributed by atoms with Gasteiger partial charge < -0.3 is 0 Å². The molecule has 3 unspecified atom stereocenters. The average molecular weight is 192 g/mol. The van der Waals surface area contributed by atoms with Gasteiger partial charge in [-0.2, -0.15) is 0 Å². The van der Waals surface area contributed by atoms with E-state index in [4.69, 9.17) is 0 Å². The highest BCUT2D eigenvalue weighted by Crippen LogP contribution is 2.49. The van der Waals surface area contributed by atoms with Crippen molar-refractivity contribution in [2.45, 2.75) is 53.4 Å². The summed E-state index contributed by atoms with van der Waals surface area (Å²) in [4.78, 5) is 0. The fourth-order valence-electron chi connectivity index (χ4n) is 3.36. The van der Waals surface area contributed by atoms with Gasteiger partial charge in [0.2, 0.25) is 0 Å². The number of hydrogen-bond acceptors (Lipinski definition) is 0. The molecule has 14 heavy (non-hydrogen) atoms. The number of rotatable bonds is 0. The maximum atomic E-state index is 2.60. The second-order valence-electron chi connectivity index (χ2n) is 6.17. The van der Waals surface area contributed by atoms with E-state index >= 15 is 0 Å². The van der Waals surface area contributed by atoms with Crippen LogP contribution in [0, 0.1) is 23.2 Å². The van der Waals surface area contributed by atoms with E-state index in [0.717, 1.165) is 17.8 Å². The normalized spacial score (nSPS) is 41.4. The summed E-state index contributed by atoms with van der Waals surface area (Å²) in [7, 11) is 0. The van der Waals surface area contributed by atoms with Crippen LogP contribution >= 0.6 is 0 Å². The third-order valence-electron chi connectivity index (χ3n) is 4.57. The van der Waals surface area contributed by atoms with Crippen molar-refractivity contribution < 1.29 is 0 Å². The molecule has 0 heteroatoms. The first-order valence-corrected chi connectivity index (χ1v) is 6.23. The molecule has 0 spiro atoms. The summed E-state index contributed by atoms with van der Waals surface area (Å²) in [5.74, 6) is 2.63. The second kappa shape index (κ2) is 3.40. The minimum Gasteiger partial charge on any atom is -0.0814 e. The molecule has 80 valence electrons. The van der Waals surface area contributed by atoms with Gasteiger partial charge in [-0.1, -0.05) is 45.8 Å². The van der Waals surface area contributed by atoms with E-state index in [1.165, 1.54) is 25.7 Å². The summed E-state index contributed by atoms with van der Waals surface area (Å²) in [5.41, 5.74) is 2.28. The number of hydrogen-bond donors (Lipinski definition) is 0. The second-order valence-corrected chi connectivity index (χ2v) is 6.17. The predicted molar refractivity (Wildman–Crippen MR) is 62.2 cm³/mol. The van der Waals surface area contributed by atoms with Crippen LogP contribution in [0.5, 0.6) is 0 Å². The van der Waals surface area contributed by atoms with E-state index < -0.39 is 0 Å². The first kappa shape index (κ1) is 10.3. The molecule has 0 aromatic rings. The summed E-state index contributed by atoms with van der Waals surface area (Å²) in [6.07, 6.45) is 8.33. The zero-order valence-corrected chi connectivity index (χ0v) is 10.1. The lowest BCUT2D eigenvalue weighted by Gasteiger charge is -2.44. The van der Waals surface area contributed by atoms with Gasteiger partial charge >= 0.3 is 0 Å². The minimum absolute atomic E-state index is 0.497. The lowest BCUT2D eigenvalue weighted by atomic mass is 9.61. The maximum Gasteiger partial charge on any atom is -0.0142 e. The fraction of sp³-hybridized carbons (Fsp3) is 0.857. The first-order valence-electron chi connectivity index (χ1n) is 6.23. The van der Waals surface area contributed by atoms with Crippen LogP contribution in [0.2, 0.25) is 0 Å². The molecule has 2 aliphatic rings. The Bertz CT molecular complexity index is 247. The van der Waals surface area contributed by atoms with Crippen LogP contribution in [0.15, 0.2) is 11.6 Å². The SMILES string of the molecule is CC1C=C2C(CCCC2(C)C)CC1C. The molecule has 1 fully saturated rings. The zero-order valence-electron chi connectivity index (χ0n) is 10.1. The van der Waals surface area contributed by atoms with Crippen LogP contribution in [0.1, 0.15) is 53.4 Å². The van der Waals surface area contributed by atoms with E-state index in [-0.39, 0.29) is 0 Å². The molecule has 0 heterocycles. The number of fused-ring (bicyclic) bond motifs is 1. The third-order valence-corrected chi connectivity index (χ3v) is 4.57. The highest BCUT2D eigenvalue weighted by molar-refractivity contribution is 5.22. The summed E-state index contributed by atoms with van der Waals surface area (Å²) in [5, 5.41) is 0. The maximum absolute atomic E-state index is 2.60. The van der Waals surface area contributed by atoms with Gasteiger partial charge in [-0.25, -0.2) is 0 Å². The standard InChI is InChI=1S/C14H24/c1-10-8-12-6-5-7-14(3,4)13(12)9-11(10)2/h9-12H,5-8H2,1-4H3. The zero-order chi connectivity index (χ0) is 10.3. The first-order chi connectivity index (χ1) is 6.50. The smallest absolute Gasteiger partial charge is 0.0142 e. The lowest BCUT2D eigenvalue weighted by molar-refractivity contribution is 0.216. The van der Waals surface area contributed by atoms with Gasteiger partial charge in [0.1, 0.15) is 0 Å².